The van der Waals surface area contributed by atoms with E-state index in [0.29, 0.717) is 5.75 Å². The predicted molar refractivity (Wildman–Crippen MR) is 73.3 cm³/mol. The molecule has 0 saturated heterocycles. The maximum Gasteiger partial charge on any atom is 0.245 e. The van der Waals surface area contributed by atoms with Gasteiger partial charge >= 0.3 is 0 Å². The van der Waals surface area contributed by atoms with Crippen LogP contribution in [0.5, 0.6) is 5.75 Å². The van der Waals surface area contributed by atoms with Crippen LogP contribution in [0.3, 0.4) is 0 Å². The molecule has 2 aromatic rings. The van der Waals surface area contributed by atoms with Crippen molar-refractivity contribution in [3.05, 3.63) is 60.7 Å². The van der Waals surface area contributed by atoms with Crippen molar-refractivity contribution in [1.29, 1.82) is 0 Å². The maximum absolute atomic E-state index is 11.8. The van der Waals surface area contributed by atoms with Crippen molar-refractivity contribution >= 4 is 9.84 Å². The summed E-state index contributed by atoms with van der Waals surface area (Å²) in [6.07, 6.45) is 0. The average molecular weight is 272 g/mol. The van der Waals surface area contributed by atoms with Gasteiger partial charge in [-0.05, 0) is 30.2 Å². The summed E-state index contributed by atoms with van der Waals surface area (Å²) in [4.78, 5) is 0.196. The van der Waals surface area contributed by atoms with Gasteiger partial charge in [0.25, 0.3) is 0 Å². The lowest BCUT2D eigenvalue weighted by Gasteiger charge is -1.99. The number of sulfone groups is 1. The van der Waals surface area contributed by atoms with Crippen LogP contribution in [0.25, 0.3) is 0 Å². The second kappa shape index (κ2) is 6.07. The summed E-state index contributed by atoms with van der Waals surface area (Å²) in [6.45, 7) is 0.0378. The molecule has 0 aliphatic carbocycles. The maximum atomic E-state index is 11.8. The van der Waals surface area contributed by atoms with E-state index in [0.717, 1.165) is 0 Å². The molecule has 96 valence electrons. The molecule has 4 heteroatoms. The molecule has 0 atom stereocenters. The number of hydrogen-bond donors (Lipinski definition) is 0. The summed E-state index contributed by atoms with van der Waals surface area (Å²) in [5, 5.41) is 2.24. The second-order valence-corrected chi connectivity index (χ2v) is 5.38. The molecule has 2 rings (SSSR count). The molecule has 0 spiro atoms. The minimum Gasteiger partial charge on any atom is -0.481 e. The fourth-order valence-corrected chi connectivity index (χ4v) is 2.30. The van der Waals surface area contributed by atoms with Crippen molar-refractivity contribution in [1.82, 2.24) is 0 Å². The van der Waals surface area contributed by atoms with Gasteiger partial charge in [-0.2, -0.15) is 0 Å². The summed E-state index contributed by atoms with van der Waals surface area (Å²) in [7, 11) is -3.56. The topological polar surface area (TPSA) is 43.4 Å². The first-order chi connectivity index (χ1) is 9.18. The molecular weight excluding hydrogens is 260 g/mol. The molecule has 0 saturated carbocycles. The lowest BCUT2D eigenvalue weighted by molar-refractivity contribution is 0.370. The van der Waals surface area contributed by atoms with E-state index in [4.69, 9.17) is 4.74 Å². The predicted octanol–water partition coefficient (Wildman–Crippen LogP) is 2.50. The highest BCUT2D eigenvalue weighted by Gasteiger charge is 2.08. The Labute approximate surface area is 112 Å². The molecule has 0 bridgehead atoms. The van der Waals surface area contributed by atoms with Crippen LogP contribution < -0.4 is 4.74 Å². The van der Waals surface area contributed by atoms with Crippen molar-refractivity contribution in [3.63, 3.8) is 0 Å². The number of benzene rings is 2. The Balaban J connectivity index is 2.01. The zero-order valence-electron chi connectivity index (χ0n) is 10.1. The van der Waals surface area contributed by atoms with E-state index in [1.165, 1.54) is 12.1 Å². The van der Waals surface area contributed by atoms with E-state index < -0.39 is 9.84 Å². The Bertz CT molecular complexity index is 680. The van der Waals surface area contributed by atoms with E-state index in [1.54, 1.807) is 30.3 Å². The van der Waals surface area contributed by atoms with Gasteiger partial charge in [-0.1, -0.05) is 36.4 Å². The first-order valence-corrected chi connectivity index (χ1v) is 7.14. The third-order valence-electron chi connectivity index (χ3n) is 2.31. The highest BCUT2D eigenvalue weighted by atomic mass is 32.2. The van der Waals surface area contributed by atoms with Crippen LogP contribution >= 0.6 is 0 Å². The second-order valence-electron chi connectivity index (χ2n) is 3.70. The smallest absolute Gasteiger partial charge is 0.245 e. The summed E-state index contributed by atoms with van der Waals surface area (Å²) in [5.74, 6) is 3.17. The average Bonchev–Trinajstić information content (AvgIpc) is 2.46. The molecule has 0 heterocycles. The van der Waals surface area contributed by atoms with Gasteiger partial charge in [-0.15, -0.1) is 0 Å². The number of para-hydroxylation sites is 1. The fourth-order valence-electron chi connectivity index (χ4n) is 1.42. The van der Waals surface area contributed by atoms with E-state index in [9.17, 15) is 8.42 Å². The zero-order valence-corrected chi connectivity index (χ0v) is 10.9. The number of hydrogen-bond acceptors (Lipinski definition) is 3. The summed E-state index contributed by atoms with van der Waals surface area (Å²) in [6, 6.07) is 17.2. The molecule has 0 aliphatic rings. The van der Waals surface area contributed by atoms with Crippen LogP contribution in [0.2, 0.25) is 0 Å². The van der Waals surface area contributed by atoms with Crippen LogP contribution in [0.15, 0.2) is 65.6 Å². The summed E-state index contributed by atoms with van der Waals surface area (Å²) in [5.41, 5.74) is 0. The number of ether oxygens (including phenoxy) is 1. The van der Waals surface area contributed by atoms with Crippen LogP contribution in [-0.4, -0.2) is 15.0 Å². The highest BCUT2D eigenvalue weighted by Crippen LogP contribution is 2.09. The van der Waals surface area contributed by atoms with Gasteiger partial charge in [0.1, 0.15) is 12.4 Å². The molecule has 0 N–H and O–H groups in total. The third-order valence-corrected chi connectivity index (χ3v) is 3.62. The highest BCUT2D eigenvalue weighted by molar-refractivity contribution is 7.96. The van der Waals surface area contributed by atoms with Crippen molar-refractivity contribution in [2.75, 3.05) is 6.61 Å². The Morgan fingerprint density at radius 2 is 1.47 bits per heavy atom. The molecule has 3 nitrogen and oxygen atoms in total. The first-order valence-electron chi connectivity index (χ1n) is 5.66. The zero-order chi connectivity index (χ0) is 13.6. The quantitative estimate of drug-likeness (QED) is 0.637. The molecule has 0 unspecified atom stereocenters. The SMILES string of the molecule is O=S(=O)(C#CCOc1ccccc1)c1ccccc1. The molecule has 19 heavy (non-hydrogen) atoms. The molecule has 0 aliphatic heterocycles. The largest absolute Gasteiger partial charge is 0.481 e. The van der Waals surface area contributed by atoms with Crippen molar-refractivity contribution in [2.24, 2.45) is 0 Å². The van der Waals surface area contributed by atoms with Gasteiger partial charge in [0, 0.05) is 5.25 Å². The van der Waals surface area contributed by atoms with Gasteiger partial charge in [0.2, 0.25) is 9.84 Å². The van der Waals surface area contributed by atoms with Crippen molar-refractivity contribution in [2.45, 2.75) is 4.90 Å². The first kappa shape index (κ1) is 13.2. The lowest BCUT2D eigenvalue weighted by atomic mass is 10.3. The van der Waals surface area contributed by atoms with Gasteiger partial charge in [-0.3, -0.25) is 0 Å². The van der Waals surface area contributed by atoms with E-state index in [-0.39, 0.29) is 11.5 Å². The minimum absolute atomic E-state index is 0.0378. The standard InChI is InChI=1S/C15H12O3S/c16-19(17,15-10-5-2-6-11-15)13-7-12-18-14-8-3-1-4-9-14/h1-6,8-11H,12H2. The lowest BCUT2D eigenvalue weighted by Crippen LogP contribution is -1.98. The van der Waals surface area contributed by atoms with E-state index in [1.807, 2.05) is 18.2 Å². The molecule has 0 amide bonds. The Hall–Kier alpha value is -2.25. The third kappa shape index (κ3) is 3.87. The molecule has 2 aromatic carbocycles. The molecule has 0 aromatic heterocycles. The summed E-state index contributed by atoms with van der Waals surface area (Å²) >= 11 is 0. The van der Waals surface area contributed by atoms with Crippen LogP contribution in [0.4, 0.5) is 0 Å². The Morgan fingerprint density at radius 1 is 0.895 bits per heavy atom. The normalized spacial score (nSPS) is 10.3. The number of rotatable bonds is 3. The van der Waals surface area contributed by atoms with Crippen molar-refractivity contribution in [3.8, 4) is 16.9 Å². The monoisotopic (exact) mass is 272 g/mol. The minimum atomic E-state index is -3.56. The van der Waals surface area contributed by atoms with Crippen LogP contribution in [0, 0.1) is 11.2 Å². The van der Waals surface area contributed by atoms with Gasteiger partial charge < -0.3 is 4.74 Å². The van der Waals surface area contributed by atoms with Gasteiger partial charge in [0.15, 0.2) is 0 Å². The molecule has 0 radical (unpaired) electrons. The van der Waals surface area contributed by atoms with Gasteiger partial charge in [0.05, 0.1) is 4.90 Å². The van der Waals surface area contributed by atoms with E-state index >= 15 is 0 Å². The van der Waals surface area contributed by atoms with Crippen LogP contribution in [0.1, 0.15) is 0 Å². The molecular formula is C15H12O3S. The fraction of sp³-hybridized carbons (Fsp3) is 0.0667. The van der Waals surface area contributed by atoms with Crippen molar-refractivity contribution < 1.29 is 13.2 Å². The molecule has 0 fully saturated rings. The van der Waals surface area contributed by atoms with Crippen LogP contribution in [-0.2, 0) is 9.84 Å². The van der Waals surface area contributed by atoms with Gasteiger partial charge in [-0.25, -0.2) is 8.42 Å². The summed E-state index contributed by atoms with van der Waals surface area (Å²) < 4.78 is 28.9. The van der Waals surface area contributed by atoms with E-state index in [2.05, 4.69) is 11.2 Å². The Morgan fingerprint density at radius 3 is 2.11 bits per heavy atom. The Kier molecular flexibility index (Phi) is 4.22.